The zero-order chi connectivity index (χ0) is 20.1. The SMILES string of the molecule is COc1ccc(CN(C)CC(=O)N[C@H](C)c2cccc3ccccc23)cc1F. The zero-order valence-corrected chi connectivity index (χ0v) is 16.4. The van der Waals surface area contributed by atoms with Crippen LogP contribution in [-0.4, -0.2) is 31.5 Å². The average molecular weight is 380 g/mol. The Morgan fingerprint density at radius 2 is 1.89 bits per heavy atom. The van der Waals surface area contributed by atoms with Crippen molar-refractivity contribution in [3.8, 4) is 5.75 Å². The Balaban J connectivity index is 1.60. The minimum Gasteiger partial charge on any atom is -0.494 e. The maximum Gasteiger partial charge on any atom is 0.234 e. The molecule has 3 aromatic rings. The van der Waals surface area contributed by atoms with Crippen LogP contribution in [0, 0.1) is 5.82 Å². The summed E-state index contributed by atoms with van der Waals surface area (Å²) < 4.78 is 18.8. The second-order valence-electron chi connectivity index (χ2n) is 7.00. The van der Waals surface area contributed by atoms with Gasteiger partial charge in [0.2, 0.25) is 5.91 Å². The van der Waals surface area contributed by atoms with Gasteiger partial charge in [0.25, 0.3) is 0 Å². The van der Waals surface area contributed by atoms with Crippen LogP contribution in [0.1, 0.15) is 24.1 Å². The van der Waals surface area contributed by atoms with Crippen LogP contribution in [0.15, 0.2) is 60.7 Å². The molecule has 0 unspecified atom stereocenters. The standard InChI is InChI=1S/C23H25FN2O2/c1-16(19-10-6-8-18-7-4-5-9-20(18)19)25-23(27)15-26(2)14-17-11-12-22(28-3)21(24)13-17/h4-13,16H,14-15H2,1-3H3,(H,25,27)/t16-/m1/s1. The first-order valence-electron chi connectivity index (χ1n) is 9.26. The van der Waals surface area contributed by atoms with Crippen LogP contribution in [0.2, 0.25) is 0 Å². The maximum absolute atomic E-state index is 13.8. The lowest BCUT2D eigenvalue weighted by molar-refractivity contribution is -0.122. The van der Waals surface area contributed by atoms with E-state index in [1.807, 2.05) is 43.1 Å². The summed E-state index contributed by atoms with van der Waals surface area (Å²) in [6.07, 6.45) is 0. The summed E-state index contributed by atoms with van der Waals surface area (Å²) in [4.78, 5) is 14.3. The van der Waals surface area contributed by atoms with Gasteiger partial charge >= 0.3 is 0 Å². The Hall–Kier alpha value is -2.92. The number of nitrogens with zero attached hydrogens (tertiary/aromatic N) is 1. The summed E-state index contributed by atoms with van der Waals surface area (Å²) in [5.74, 6) is -0.257. The fraction of sp³-hybridized carbons (Fsp3) is 0.261. The second-order valence-corrected chi connectivity index (χ2v) is 7.00. The van der Waals surface area contributed by atoms with Crippen molar-refractivity contribution in [3.63, 3.8) is 0 Å². The lowest BCUT2D eigenvalue weighted by Crippen LogP contribution is -2.36. The average Bonchev–Trinajstić information content (AvgIpc) is 2.67. The first-order valence-corrected chi connectivity index (χ1v) is 9.26. The first-order chi connectivity index (χ1) is 13.5. The molecule has 0 fully saturated rings. The quantitative estimate of drug-likeness (QED) is 0.665. The summed E-state index contributed by atoms with van der Waals surface area (Å²) in [5, 5.41) is 5.35. The second kappa shape index (κ2) is 8.85. The number of rotatable bonds is 7. The number of methoxy groups -OCH3 is 1. The summed E-state index contributed by atoms with van der Waals surface area (Å²) in [7, 11) is 3.27. The van der Waals surface area contributed by atoms with E-state index < -0.39 is 5.82 Å². The molecule has 0 aliphatic carbocycles. The van der Waals surface area contributed by atoms with Gasteiger partial charge in [0.15, 0.2) is 11.6 Å². The lowest BCUT2D eigenvalue weighted by atomic mass is 10.00. The molecule has 0 bridgehead atoms. The van der Waals surface area contributed by atoms with Gasteiger partial charge in [0.05, 0.1) is 19.7 Å². The van der Waals surface area contributed by atoms with E-state index >= 15 is 0 Å². The van der Waals surface area contributed by atoms with E-state index in [0.29, 0.717) is 6.54 Å². The monoisotopic (exact) mass is 380 g/mol. The minimum absolute atomic E-state index is 0.0723. The predicted molar refractivity (Wildman–Crippen MR) is 110 cm³/mol. The third kappa shape index (κ3) is 4.67. The van der Waals surface area contributed by atoms with Gasteiger partial charge in [-0.05, 0) is 48.0 Å². The predicted octanol–water partition coefficient (Wildman–Crippen LogP) is 4.30. The minimum atomic E-state index is -0.401. The number of amides is 1. The van der Waals surface area contributed by atoms with Crippen LogP contribution < -0.4 is 10.1 Å². The summed E-state index contributed by atoms with van der Waals surface area (Å²) in [5.41, 5.74) is 1.88. The van der Waals surface area contributed by atoms with Gasteiger partial charge in [-0.1, -0.05) is 48.5 Å². The fourth-order valence-corrected chi connectivity index (χ4v) is 3.41. The Labute approximate surface area is 164 Å². The highest BCUT2D eigenvalue weighted by molar-refractivity contribution is 5.87. The first kappa shape index (κ1) is 19.8. The van der Waals surface area contributed by atoms with E-state index in [4.69, 9.17) is 4.74 Å². The number of likely N-dealkylation sites (N-methyl/N-ethyl adjacent to an activating group) is 1. The van der Waals surface area contributed by atoms with E-state index in [1.165, 1.54) is 13.2 Å². The smallest absolute Gasteiger partial charge is 0.234 e. The molecule has 5 heteroatoms. The number of ether oxygens (including phenoxy) is 1. The van der Waals surface area contributed by atoms with Crippen LogP contribution >= 0.6 is 0 Å². The summed E-state index contributed by atoms with van der Waals surface area (Å²) in [6.45, 7) is 2.68. The topological polar surface area (TPSA) is 41.6 Å². The van der Waals surface area contributed by atoms with Gasteiger partial charge in [-0.3, -0.25) is 9.69 Å². The van der Waals surface area contributed by atoms with E-state index in [0.717, 1.165) is 21.9 Å². The van der Waals surface area contributed by atoms with Crippen molar-refractivity contribution in [1.29, 1.82) is 0 Å². The normalized spacial score (nSPS) is 12.2. The van der Waals surface area contributed by atoms with Gasteiger partial charge in [-0.15, -0.1) is 0 Å². The molecule has 1 amide bonds. The molecule has 28 heavy (non-hydrogen) atoms. The highest BCUT2D eigenvalue weighted by atomic mass is 19.1. The highest BCUT2D eigenvalue weighted by Crippen LogP contribution is 2.24. The van der Waals surface area contributed by atoms with Crippen LogP contribution in [0.4, 0.5) is 4.39 Å². The van der Waals surface area contributed by atoms with Crippen molar-refractivity contribution in [3.05, 3.63) is 77.6 Å². The largest absolute Gasteiger partial charge is 0.494 e. The molecule has 3 rings (SSSR count). The molecule has 1 atom stereocenters. The molecule has 4 nitrogen and oxygen atoms in total. The number of fused-ring (bicyclic) bond motifs is 1. The van der Waals surface area contributed by atoms with E-state index in [9.17, 15) is 9.18 Å². The number of carbonyl (C=O) groups is 1. The van der Waals surface area contributed by atoms with Crippen molar-refractivity contribution in [1.82, 2.24) is 10.2 Å². The Bertz CT molecular complexity index is 968. The number of carbonyl (C=O) groups excluding carboxylic acids is 1. The molecular formula is C23H25FN2O2. The van der Waals surface area contributed by atoms with Crippen LogP contribution in [-0.2, 0) is 11.3 Å². The lowest BCUT2D eigenvalue weighted by Gasteiger charge is -2.20. The Morgan fingerprint density at radius 3 is 2.64 bits per heavy atom. The number of benzene rings is 3. The van der Waals surface area contributed by atoms with Crippen LogP contribution in [0.25, 0.3) is 10.8 Å². The number of hydrogen-bond acceptors (Lipinski definition) is 3. The van der Waals surface area contributed by atoms with Gasteiger partial charge in [0, 0.05) is 6.54 Å². The Kier molecular flexibility index (Phi) is 6.26. The molecule has 1 N–H and O–H groups in total. The van der Waals surface area contributed by atoms with E-state index in [-0.39, 0.29) is 24.2 Å². The zero-order valence-electron chi connectivity index (χ0n) is 16.4. The number of halogens is 1. The number of nitrogens with one attached hydrogen (secondary N) is 1. The molecule has 0 aliphatic rings. The fourth-order valence-electron chi connectivity index (χ4n) is 3.41. The van der Waals surface area contributed by atoms with Gasteiger partial charge in [-0.25, -0.2) is 4.39 Å². The maximum atomic E-state index is 13.8. The molecule has 0 aliphatic heterocycles. The van der Waals surface area contributed by atoms with Crippen molar-refractivity contribution < 1.29 is 13.9 Å². The molecule has 0 radical (unpaired) electrons. The van der Waals surface area contributed by atoms with Crippen LogP contribution in [0.5, 0.6) is 5.75 Å². The van der Waals surface area contributed by atoms with Gasteiger partial charge in [-0.2, -0.15) is 0 Å². The Morgan fingerprint density at radius 1 is 1.14 bits per heavy atom. The van der Waals surface area contributed by atoms with Crippen molar-refractivity contribution in [2.45, 2.75) is 19.5 Å². The van der Waals surface area contributed by atoms with E-state index in [1.54, 1.807) is 12.1 Å². The molecule has 0 saturated carbocycles. The van der Waals surface area contributed by atoms with Crippen molar-refractivity contribution in [2.75, 3.05) is 20.7 Å². The van der Waals surface area contributed by atoms with E-state index in [2.05, 4.69) is 23.5 Å². The third-order valence-corrected chi connectivity index (χ3v) is 4.75. The van der Waals surface area contributed by atoms with Crippen molar-refractivity contribution in [2.24, 2.45) is 0 Å². The van der Waals surface area contributed by atoms with Crippen molar-refractivity contribution >= 4 is 16.7 Å². The molecule has 0 heterocycles. The summed E-state index contributed by atoms with van der Waals surface area (Å²) in [6, 6.07) is 19.0. The van der Waals surface area contributed by atoms with Crippen LogP contribution in [0.3, 0.4) is 0 Å². The number of hydrogen-bond donors (Lipinski definition) is 1. The van der Waals surface area contributed by atoms with Gasteiger partial charge < -0.3 is 10.1 Å². The van der Waals surface area contributed by atoms with Gasteiger partial charge in [0.1, 0.15) is 0 Å². The molecule has 0 spiro atoms. The molecule has 0 aromatic heterocycles. The molecule has 0 saturated heterocycles. The third-order valence-electron chi connectivity index (χ3n) is 4.75. The molecule has 3 aromatic carbocycles. The highest BCUT2D eigenvalue weighted by Gasteiger charge is 2.14. The molecule has 146 valence electrons. The molecular weight excluding hydrogens is 355 g/mol. The summed E-state index contributed by atoms with van der Waals surface area (Å²) >= 11 is 0.